The SMILES string of the molecule is Cc1nn(-c2cc(Oc3cc(-c4cc(C(C)(C)C)ccn4)n4c(C)c(C)nc4c3)cc(C(C)(C)C)c2)c(C)c1-c1ccccc1. The highest BCUT2D eigenvalue weighted by Gasteiger charge is 2.22. The number of hydrogen-bond acceptors (Lipinski definition) is 4. The van der Waals surface area contributed by atoms with Crippen LogP contribution >= 0.6 is 0 Å². The second kappa shape index (κ2) is 11.0. The van der Waals surface area contributed by atoms with Crippen molar-refractivity contribution in [3.63, 3.8) is 0 Å². The summed E-state index contributed by atoms with van der Waals surface area (Å²) < 4.78 is 10.9. The molecular formula is C39H43N5O. The van der Waals surface area contributed by atoms with E-state index in [1.807, 2.05) is 29.9 Å². The third kappa shape index (κ3) is 5.77. The van der Waals surface area contributed by atoms with Crippen LogP contribution in [0.1, 0.15) is 75.4 Å². The Kier molecular flexibility index (Phi) is 7.43. The number of imidazole rings is 1. The molecule has 2 aromatic carbocycles. The van der Waals surface area contributed by atoms with E-state index in [1.165, 1.54) is 5.56 Å². The molecule has 0 amide bonds. The zero-order valence-corrected chi connectivity index (χ0v) is 28.1. The average Bonchev–Trinajstić information content (AvgIpc) is 3.45. The highest BCUT2D eigenvalue weighted by atomic mass is 16.5. The normalized spacial score (nSPS) is 12.2. The molecule has 6 nitrogen and oxygen atoms in total. The van der Waals surface area contributed by atoms with Gasteiger partial charge < -0.3 is 4.74 Å². The van der Waals surface area contributed by atoms with E-state index in [0.29, 0.717) is 5.75 Å². The van der Waals surface area contributed by atoms with Gasteiger partial charge in [-0.05, 0) is 79.5 Å². The molecule has 0 aliphatic heterocycles. The molecule has 6 heteroatoms. The van der Waals surface area contributed by atoms with Crippen molar-refractivity contribution in [2.24, 2.45) is 0 Å². The second-order valence-electron chi connectivity index (χ2n) is 14.1. The highest BCUT2D eigenvalue weighted by Crippen LogP contribution is 2.36. The molecule has 0 radical (unpaired) electrons. The molecule has 4 heterocycles. The Morgan fingerprint density at radius 3 is 2.04 bits per heavy atom. The first-order valence-corrected chi connectivity index (χ1v) is 15.6. The number of hydrogen-bond donors (Lipinski definition) is 0. The number of nitrogens with zero attached hydrogens (tertiary/aromatic N) is 5. The zero-order chi connectivity index (χ0) is 32.3. The molecular weight excluding hydrogens is 554 g/mol. The van der Waals surface area contributed by atoms with E-state index in [2.05, 4.69) is 127 Å². The molecule has 6 rings (SSSR count). The third-order valence-electron chi connectivity index (χ3n) is 8.64. The lowest BCUT2D eigenvalue weighted by Crippen LogP contribution is -2.12. The average molecular weight is 598 g/mol. The fraction of sp³-hybridized carbons (Fsp3) is 0.308. The van der Waals surface area contributed by atoms with Gasteiger partial charge >= 0.3 is 0 Å². The first kappa shape index (κ1) is 30.3. The molecule has 0 unspecified atom stereocenters. The Hall–Kier alpha value is -4.71. The van der Waals surface area contributed by atoms with Gasteiger partial charge in [-0.15, -0.1) is 0 Å². The van der Waals surface area contributed by atoms with Gasteiger partial charge in [0, 0.05) is 41.3 Å². The van der Waals surface area contributed by atoms with Gasteiger partial charge in [0.1, 0.15) is 17.1 Å². The van der Waals surface area contributed by atoms with Crippen molar-refractivity contribution in [3.8, 4) is 39.7 Å². The van der Waals surface area contributed by atoms with Crippen LogP contribution < -0.4 is 4.74 Å². The summed E-state index contributed by atoms with van der Waals surface area (Å²) in [4.78, 5) is 9.69. The van der Waals surface area contributed by atoms with Crippen LogP contribution in [0.2, 0.25) is 0 Å². The summed E-state index contributed by atoms with van der Waals surface area (Å²) in [6, 6.07) is 25.3. The first-order chi connectivity index (χ1) is 21.2. The summed E-state index contributed by atoms with van der Waals surface area (Å²) in [6.45, 7) is 21.7. The van der Waals surface area contributed by atoms with Crippen LogP contribution in [-0.4, -0.2) is 24.1 Å². The van der Waals surface area contributed by atoms with E-state index < -0.39 is 0 Å². The minimum atomic E-state index is -0.101. The fourth-order valence-electron chi connectivity index (χ4n) is 5.94. The Bertz CT molecular complexity index is 2030. The highest BCUT2D eigenvalue weighted by molar-refractivity contribution is 5.70. The van der Waals surface area contributed by atoms with Crippen LogP contribution in [-0.2, 0) is 10.8 Å². The quantitative estimate of drug-likeness (QED) is 0.198. The van der Waals surface area contributed by atoms with E-state index in [0.717, 1.165) is 67.9 Å². The standard InChI is InChI=1S/C39H43N5O/c1-24-26(3)43-35(34-20-29(16-17-40-34)38(5,6)7)22-33(23-36(43)41-24)45-32-19-30(39(8,9)10)18-31(21-32)44-27(4)37(25(2)42-44)28-14-12-11-13-15-28/h11-23H,1-10H3. The summed E-state index contributed by atoms with van der Waals surface area (Å²) in [5.41, 5.74) is 12.4. The van der Waals surface area contributed by atoms with Gasteiger partial charge in [-0.25, -0.2) is 9.67 Å². The molecule has 0 atom stereocenters. The van der Waals surface area contributed by atoms with E-state index in [9.17, 15) is 0 Å². The predicted molar refractivity (Wildman–Crippen MR) is 184 cm³/mol. The minimum absolute atomic E-state index is 0.00201. The van der Waals surface area contributed by atoms with Gasteiger partial charge in [-0.2, -0.15) is 5.10 Å². The maximum absolute atomic E-state index is 6.73. The number of aromatic nitrogens is 5. The van der Waals surface area contributed by atoms with E-state index >= 15 is 0 Å². The lowest BCUT2D eigenvalue weighted by atomic mass is 9.86. The van der Waals surface area contributed by atoms with Crippen molar-refractivity contribution >= 4 is 5.65 Å². The van der Waals surface area contributed by atoms with Gasteiger partial charge in [0.05, 0.1) is 28.5 Å². The third-order valence-corrected chi connectivity index (χ3v) is 8.64. The molecule has 0 aliphatic rings. The van der Waals surface area contributed by atoms with Gasteiger partial charge in [0.15, 0.2) is 0 Å². The monoisotopic (exact) mass is 597 g/mol. The van der Waals surface area contributed by atoms with Crippen molar-refractivity contribution in [1.29, 1.82) is 0 Å². The van der Waals surface area contributed by atoms with E-state index in [-0.39, 0.29) is 10.8 Å². The van der Waals surface area contributed by atoms with Crippen molar-refractivity contribution in [2.75, 3.05) is 0 Å². The predicted octanol–water partition coefficient (Wildman–Crippen LogP) is 9.87. The van der Waals surface area contributed by atoms with Crippen LogP contribution in [0.25, 0.3) is 33.8 Å². The molecule has 45 heavy (non-hydrogen) atoms. The number of benzene rings is 2. The number of rotatable bonds is 5. The minimum Gasteiger partial charge on any atom is -0.457 e. The number of pyridine rings is 2. The largest absolute Gasteiger partial charge is 0.457 e. The van der Waals surface area contributed by atoms with Crippen molar-refractivity contribution < 1.29 is 4.74 Å². The Balaban J connectivity index is 1.49. The molecule has 0 saturated heterocycles. The Labute approximate surface area is 266 Å². The molecule has 0 aliphatic carbocycles. The molecule has 230 valence electrons. The van der Waals surface area contributed by atoms with Gasteiger partial charge in [0.25, 0.3) is 0 Å². The topological polar surface area (TPSA) is 57.2 Å². The number of aryl methyl sites for hydroxylation is 3. The van der Waals surface area contributed by atoms with Gasteiger partial charge in [0.2, 0.25) is 0 Å². The summed E-state index contributed by atoms with van der Waals surface area (Å²) >= 11 is 0. The summed E-state index contributed by atoms with van der Waals surface area (Å²) in [6.07, 6.45) is 1.89. The van der Waals surface area contributed by atoms with Crippen LogP contribution in [0.15, 0.2) is 79.0 Å². The molecule has 0 N–H and O–H groups in total. The smallest absolute Gasteiger partial charge is 0.141 e. The Morgan fingerprint density at radius 1 is 0.667 bits per heavy atom. The molecule has 4 aromatic heterocycles. The summed E-state index contributed by atoms with van der Waals surface area (Å²) in [5.74, 6) is 1.46. The van der Waals surface area contributed by atoms with Crippen LogP contribution in [0.3, 0.4) is 0 Å². The van der Waals surface area contributed by atoms with Crippen molar-refractivity contribution in [1.82, 2.24) is 24.1 Å². The fourth-order valence-corrected chi connectivity index (χ4v) is 5.94. The second-order valence-corrected chi connectivity index (χ2v) is 14.1. The van der Waals surface area contributed by atoms with Crippen LogP contribution in [0.4, 0.5) is 0 Å². The van der Waals surface area contributed by atoms with Crippen LogP contribution in [0.5, 0.6) is 11.5 Å². The van der Waals surface area contributed by atoms with Crippen molar-refractivity contribution in [3.05, 3.63) is 113 Å². The maximum Gasteiger partial charge on any atom is 0.141 e. The molecule has 0 saturated carbocycles. The first-order valence-electron chi connectivity index (χ1n) is 15.6. The molecule has 0 bridgehead atoms. The number of ether oxygens (including phenoxy) is 1. The lowest BCUT2D eigenvalue weighted by molar-refractivity contribution is 0.477. The van der Waals surface area contributed by atoms with Gasteiger partial charge in [-0.1, -0.05) is 71.9 Å². The Morgan fingerprint density at radius 2 is 1.36 bits per heavy atom. The van der Waals surface area contributed by atoms with Crippen molar-refractivity contribution in [2.45, 2.75) is 80.1 Å². The van der Waals surface area contributed by atoms with E-state index in [1.54, 1.807) is 0 Å². The lowest BCUT2D eigenvalue weighted by Gasteiger charge is -2.22. The molecule has 6 aromatic rings. The van der Waals surface area contributed by atoms with Gasteiger partial charge in [-0.3, -0.25) is 9.38 Å². The molecule has 0 fully saturated rings. The summed E-state index contributed by atoms with van der Waals surface area (Å²) in [5, 5.41) is 5.00. The maximum atomic E-state index is 6.73. The summed E-state index contributed by atoms with van der Waals surface area (Å²) in [7, 11) is 0. The zero-order valence-electron chi connectivity index (χ0n) is 28.1. The molecule has 0 spiro atoms. The van der Waals surface area contributed by atoms with Crippen LogP contribution in [0, 0.1) is 27.7 Å². The van der Waals surface area contributed by atoms with E-state index in [4.69, 9.17) is 19.8 Å². The number of fused-ring (bicyclic) bond motifs is 1.